The molecule has 0 radical (unpaired) electrons. The van der Waals surface area contributed by atoms with E-state index in [1.807, 2.05) is 4.57 Å². The Hall–Kier alpha value is -0.970. The summed E-state index contributed by atoms with van der Waals surface area (Å²) in [4.78, 5) is 14.9. The molecule has 2 rings (SSSR count). The van der Waals surface area contributed by atoms with Gasteiger partial charge in [0.05, 0.1) is 0 Å². The summed E-state index contributed by atoms with van der Waals surface area (Å²) in [6.45, 7) is 5.03. The summed E-state index contributed by atoms with van der Waals surface area (Å²) in [5.41, 5.74) is 5.45. The van der Waals surface area contributed by atoms with Crippen LogP contribution in [0.1, 0.15) is 13.8 Å². The topological polar surface area (TPSA) is 60.9 Å². The van der Waals surface area contributed by atoms with Crippen molar-refractivity contribution >= 4 is 17.6 Å². The largest absolute Gasteiger partial charge is 0.385 e. The molecule has 0 unspecified atom stereocenters. The number of thioether (sulfide) groups is 1. The molecule has 1 aromatic heterocycles. The van der Waals surface area contributed by atoms with Crippen LogP contribution in [-0.2, 0) is 6.54 Å². The lowest BCUT2D eigenvalue weighted by atomic mass is 10.2. The highest BCUT2D eigenvalue weighted by Gasteiger charge is 2.31. The molecule has 2 N–H and O–H groups in total. The molecule has 1 aliphatic rings. The van der Waals surface area contributed by atoms with Gasteiger partial charge in [-0.15, -0.1) is 0 Å². The van der Waals surface area contributed by atoms with Crippen molar-refractivity contribution in [1.29, 1.82) is 0 Å². The fourth-order valence-corrected chi connectivity index (χ4v) is 2.50. The Kier molecular flexibility index (Phi) is 1.66. The van der Waals surface area contributed by atoms with Gasteiger partial charge < -0.3 is 10.3 Å². The predicted molar refractivity (Wildman–Crippen MR) is 52.8 cm³/mol. The van der Waals surface area contributed by atoms with Crippen LogP contribution >= 0.6 is 11.8 Å². The maximum absolute atomic E-state index is 11.0. The average Bonchev–Trinajstić information content (AvgIpc) is 2.23. The van der Waals surface area contributed by atoms with Gasteiger partial charge in [0.2, 0.25) is 0 Å². The van der Waals surface area contributed by atoms with Crippen LogP contribution in [0.25, 0.3) is 0 Å². The summed E-state index contributed by atoms with van der Waals surface area (Å²) in [7, 11) is 0. The highest BCUT2D eigenvalue weighted by atomic mass is 32.2. The van der Waals surface area contributed by atoms with E-state index in [2.05, 4.69) is 18.8 Å². The Balaban J connectivity index is 2.58. The van der Waals surface area contributed by atoms with E-state index in [-0.39, 0.29) is 10.3 Å². The SMILES string of the molecule is CC1(C)Cn2c(N)cc(=O)nc2S1. The van der Waals surface area contributed by atoms with Crippen molar-refractivity contribution < 1.29 is 0 Å². The lowest BCUT2D eigenvalue weighted by Crippen LogP contribution is -2.18. The lowest BCUT2D eigenvalue weighted by molar-refractivity contribution is 0.562. The maximum atomic E-state index is 11.0. The van der Waals surface area contributed by atoms with Gasteiger partial charge in [-0.1, -0.05) is 11.8 Å². The number of nitrogens with two attached hydrogens (primary N) is 1. The first-order chi connectivity index (χ1) is 5.98. The Morgan fingerprint density at radius 2 is 2.38 bits per heavy atom. The molecule has 5 heteroatoms. The second-order valence-corrected chi connectivity index (χ2v) is 5.42. The summed E-state index contributed by atoms with van der Waals surface area (Å²) >= 11 is 1.59. The van der Waals surface area contributed by atoms with Crippen LogP contribution < -0.4 is 11.3 Å². The fourth-order valence-electron chi connectivity index (χ4n) is 1.40. The first-order valence-electron chi connectivity index (χ1n) is 4.04. The quantitative estimate of drug-likeness (QED) is 0.622. The number of aromatic nitrogens is 2. The fraction of sp³-hybridized carbons (Fsp3) is 0.500. The number of nitrogens with zero attached hydrogens (tertiary/aromatic N) is 2. The first-order valence-corrected chi connectivity index (χ1v) is 4.86. The number of rotatable bonds is 0. The van der Waals surface area contributed by atoms with Gasteiger partial charge in [-0.05, 0) is 13.8 Å². The van der Waals surface area contributed by atoms with E-state index < -0.39 is 0 Å². The molecule has 2 heterocycles. The summed E-state index contributed by atoms with van der Waals surface area (Å²) in [6, 6.07) is 1.37. The number of hydrogen-bond acceptors (Lipinski definition) is 4. The molecule has 0 atom stereocenters. The molecule has 70 valence electrons. The second kappa shape index (κ2) is 2.51. The van der Waals surface area contributed by atoms with Crippen molar-refractivity contribution in [2.75, 3.05) is 5.73 Å². The maximum Gasteiger partial charge on any atom is 0.275 e. The number of hydrogen-bond donors (Lipinski definition) is 1. The van der Waals surface area contributed by atoms with E-state index in [4.69, 9.17) is 5.73 Å². The van der Waals surface area contributed by atoms with Crippen molar-refractivity contribution in [2.45, 2.75) is 30.3 Å². The van der Waals surface area contributed by atoms with Gasteiger partial charge in [-0.3, -0.25) is 4.79 Å². The molecule has 0 saturated carbocycles. The van der Waals surface area contributed by atoms with E-state index in [1.54, 1.807) is 11.8 Å². The number of fused-ring (bicyclic) bond motifs is 1. The Morgan fingerprint density at radius 3 is 3.08 bits per heavy atom. The number of nitrogen functional groups attached to an aromatic ring is 1. The molecule has 4 nitrogen and oxygen atoms in total. The van der Waals surface area contributed by atoms with E-state index in [9.17, 15) is 4.79 Å². The summed E-state index contributed by atoms with van der Waals surface area (Å²) in [5, 5.41) is 0.731. The molecule has 0 aliphatic carbocycles. The summed E-state index contributed by atoms with van der Waals surface area (Å²) in [5.74, 6) is 0.507. The zero-order valence-corrected chi connectivity index (χ0v) is 8.39. The van der Waals surface area contributed by atoms with Crippen LogP contribution in [0.2, 0.25) is 0 Å². The van der Waals surface area contributed by atoms with Crippen LogP contribution in [0.4, 0.5) is 5.82 Å². The molecule has 0 amide bonds. The van der Waals surface area contributed by atoms with Gasteiger partial charge in [-0.2, -0.15) is 4.98 Å². The molecule has 0 spiro atoms. The minimum absolute atomic E-state index is 0.0852. The third kappa shape index (κ3) is 1.44. The minimum atomic E-state index is -0.256. The molecule has 0 bridgehead atoms. The second-order valence-electron chi connectivity index (χ2n) is 3.75. The van der Waals surface area contributed by atoms with E-state index in [0.29, 0.717) is 5.82 Å². The van der Waals surface area contributed by atoms with Gasteiger partial charge in [-0.25, -0.2) is 0 Å². The predicted octanol–water partition coefficient (Wildman–Crippen LogP) is 0.710. The molecule has 0 fully saturated rings. The summed E-state index contributed by atoms with van der Waals surface area (Å²) < 4.78 is 1.97. The Bertz CT molecular complexity index is 410. The Labute approximate surface area is 80.2 Å². The van der Waals surface area contributed by atoms with E-state index in [0.717, 1.165) is 11.7 Å². The lowest BCUT2D eigenvalue weighted by Gasteiger charge is -2.13. The normalized spacial score (nSPS) is 18.6. The molecule has 1 aromatic rings. The minimum Gasteiger partial charge on any atom is -0.385 e. The van der Waals surface area contributed by atoms with Crippen LogP contribution in [0.5, 0.6) is 0 Å². The first kappa shape index (κ1) is 8.62. The van der Waals surface area contributed by atoms with Crippen LogP contribution in [0.15, 0.2) is 16.0 Å². The molecule has 0 saturated heterocycles. The van der Waals surface area contributed by atoms with Crippen molar-refractivity contribution in [2.24, 2.45) is 0 Å². The van der Waals surface area contributed by atoms with Gasteiger partial charge in [0.15, 0.2) is 5.16 Å². The smallest absolute Gasteiger partial charge is 0.275 e. The van der Waals surface area contributed by atoms with Crippen LogP contribution in [0, 0.1) is 0 Å². The van der Waals surface area contributed by atoms with Crippen molar-refractivity contribution in [3.05, 3.63) is 16.4 Å². The van der Waals surface area contributed by atoms with Crippen molar-refractivity contribution in [3.63, 3.8) is 0 Å². The molecular formula is C8H11N3OS. The summed E-state index contributed by atoms with van der Waals surface area (Å²) in [6.07, 6.45) is 0. The van der Waals surface area contributed by atoms with Gasteiger partial charge in [0.1, 0.15) is 5.82 Å². The van der Waals surface area contributed by atoms with Gasteiger partial charge in [0.25, 0.3) is 5.56 Å². The highest BCUT2D eigenvalue weighted by molar-refractivity contribution is 8.00. The molecular weight excluding hydrogens is 186 g/mol. The molecule has 1 aliphatic heterocycles. The van der Waals surface area contributed by atoms with E-state index in [1.165, 1.54) is 6.07 Å². The highest BCUT2D eigenvalue weighted by Crippen LogP contribution is 2.39. The van der Waals surface area contributed by atoms with Crippen LogP contribution in [0.3, 0.4) is 0 Å². The molecule has 13 heavy (non-hydrogen) atoms. The zero-order valence-electron chi connectivity index (χ0n) is 7.57. The molecule has 0 aromatic carbocycles. The van der Waals surface area contributed by atoms with Crippen LogP contribution in [-0.4, -0.2) is 14.3 Å². The van der Waals surface area contributed by atoms with Gasteiger partial charge >= 0.3 is 0 Å². The monoisotopic (exact) mass is 197 g/mol. The number of anilines is 1. The van der Waals surface area contributed by atoms with E-state index >= 15 is 0 Å². The zero-order chi connectivity index (χ0) is 9.64. The van der Waals surface area contributed by atoms with Crippen molar-refractivity contribution in [1.82, 2.24) is 9.55 Å². The average molecular weight is 197 g/mol. The van der Waals surface area contributed by atoms with Gasteiger partial charge in [0, 0.05) is 17.4 Å². The Morgan fingerprint density at radius 1 is 1.69 bits per heavy atom. The standard InChI is InChI=1S/C8H11N3OS/c1-8(2)4-11-5(9)3-6(12)10-7(11)13-8/h3H,4,9H2,1-2H3. The third-order valence-electron chi connectivity index (χ3n) is 1.93. The third-order valence-corrected chi connectivity index (χ3v) is 3.10. The van der Waals surface area contributed by atoms with Crippen molar-refractivity contribution in [3.8, 4) is 0 Å².